The van der Waals surface area contributed by atoms with Crippen LogP contribution in [0.5, 0.6) is 0 Å². The highest BCUT2D eigenvalue weighted by Gasteiger charge is 2.08. The first-order valence-corrected chi connectivity index (χ1v) is 21.0. The van der Waals surface area contributed by atoms with Crippen molar-refractivity contribution in [3.8, 4) is 0 Å². The van der Waals surface area contributed by atoms with E-state index >= 15 is 0 Å². The molecule has 0 amide bonds. The van der Waals surface area contributed by atoms with Crippen LogP contribution in [0.1, 0.15) is 206 Å². The van der Waals surface area contributed by atoms with Gasteiger partial charge in [0.25, 0.3) is 0 Å². The maximum atomic E-state index is 6.18. The van der Waals surface area contributed by atoms with Crippen LogP contribution >= 0.6 is 0 Å². The van der Waals surface area contributed by atoms with Gasteiger partial charge < -0.3 is 15.0 Å². The van der Waals surface area contributed by atoms with Crippen molar-refractivity contribution in [2.24, 2.45) is 0 Å². The van der Waals surface area contributed by atoms with Gasteiger partial charge in [-0.25, -0.2) is 0 Å². The molecule has 3 nitrogen and oxygen atoms in total. The third-order valence-electron chi connectivity index (χ3n) is 9.40. The zero-order chi connectivity index (χ0) is 33.4. The molecule has 0 aromatic rings. The summed E-state index contributed by atoms with van der Waals surface area (Å²) in [6.07, 6.45) is 50.5. The fourth-order valence-corrected chi connectivity index (χ4v) is 6.26. The number of hydrogen-bond acceptors (Lipinski definition) is 3. The Bertz CT molecular complexity index is 602. The molecule has 0 saturated carbocycles. The minimum absolute atomic E-state index is 0.521. The van der Waals surface area contributed by atoms with Crippen LogP contribution in [0, 0.1) is 0 Å². The zero-order valence-electron chi connectivity index (χ0n) is 32.3. The van der Waals surface area contributed by atoms with Crippen molar-refractivity contribution in [1.82, 2.24) is 10.2 Å². The van der Waals surface area contributed by atoms with E-state index in [-0.39, 0.29) is 0 Å². The van der Waals surface area contributed by atoms with Crippen molar-refractivity contribution in [2.45, 2.75) is 213 Å². The number of unbranched alkanes of at least 4 members (excludes halogenated alkanes) is 24. The molecule has 46 heavy (non-hydrogen) atoms. The van der Waals surface area contributed by atoms with Gasteiger partial charge in [-0.2, -0.15) is 0 Å². The van der Waals surface area contributed by atoms with Gasteiger partial charge >= 0.3 is 0 Å². The summed E-state index contributed by atoms with van der Waals surface area (Å²) in [5.41, 5.74) is 0. The minimum atomic E-state index is 0.521. The summed E-state index contributed by atoms with van der Waals surface area (Å²) in [6.45, 7) is 8.67. The molecule has 0 heterocycles. The molecule has 0 fully saturated rings. The summed E-state index contributed by atoms with van der Waals surface area (Å²) in [5.74, 6) is 0. The monoisotopic (exact) mass is 647 g/mol. The van der Waals surface area contributed by atoms with Crippen molar-refractivity contribution in [2.75, 3.05) is 40.4 Å². The van der Waals surface area contributed by atoms with Crippen molar-refractivity contribution in [3.05, 3.63) is 24.3 Å². The van der Waals surface area contributed by atoms with E-state index in [1.165, 1.54) is 193 Å². The first-order valence-electron chi connectivity index (χ1n) is 21.0. The van der Waals surface area contributed by atoms with E-state index in [2.05, 4.69) is 62.5 Å². The van der Waals surface area contributed by atoms with E-state index in [0.29, 0.717) is 6.04 Å². The fourth-order valence-electron chi connectivity index (χ4n) is 6.26. The largest absolute Gasteiger partial charge is 0.380 e. The van der Waals surface area contributed by atoms with E-state index in [9.17, 15) is 0 Å². The average Bonchev–Trinajstić information content (AvgIpc) is 3.05. The molecule has 0 aromatic heterocycles. The summed E-state index contributed by atoms with van der Waals surface area (Å²) < 4.78 is 6.18. The molecule has 274 valence electrons. The third-order valence-corrected chi connectivity index (χ3v) is 9.40. The quantitative estimate of drug-likeness (QED) is 0.0531. The Morgan fingerprint density at radius 1 is 0.478 bits per heavy atom. The molecule has 0 aliphatic rings. The van der Waals surface area contributed by atoms with E-state index in [0.717, 1.165) is 26.3 Å². The maximum absolute atomic E-state index is 6.18. The molecule has 1 atom stereocenters. The number of hydrogen-bond donors (Lipinski definition) is 1. The molecule has 0 aliphatic carbocycles. The zero-order valence-corrected chi connectivity index (χ0v) is 32.3. The van der Waals surface area contributed by atoms with Crippen molar-refractivity contribution in [1.29, 1.82) is 0 Å². The first-order chi connectivity index (χ1) is 22.7. The maximum Gasteiger partial charge on any atom is 0.0619 e. The number of allylic oxidation sites excluding steroid dienone is 4. The second kappa shape index (κ2) is 40.5. The predicted octanol–water partition coefficient (Wildman–Crippen LogP) is 13.4. The predicted molar refractivity (Wildman–Crippen MR) is 209 cm³/mol. The molecular formula is C43H86N2O. The lowest BCUT2D eigenvalue weighted by atomic mass is 10.0. The first kappa shape index (κ1) is 45.4. The lowest BCUT2D eigenvalue weighted by molar-refractivity contribution is 0.104. The van der Waals surface area contributed by atoms with E-state index in [1.807, 2.05) is 0 Å². The SMILES string of the molecule is CCCCCCCC/C=C\CCCCCCCCOCC(CCCCCCCC/C=C\CCCCCCCC)NCCCN(C)C. The Morgan fingerprint density at radius 3 is 1.30 bits per heavy atom. The topological polar surface area (TPSA) is 24.5 Å². The number of ether oxygens (including phenoxy) is 1. The lowest BCUT2D eigenvalue weighted by Crippen LogP contribution is -2.35. The van der Waals surface area contributed by atoms with Gasteiger partial charge in [-0.1, -0.05) is 160 Å². The number of rotatable bonds is 39. The molecule has 3 heteroatoms. The minimum Gasteiger partial charge on any atom is -0.380 e. The van der Waals surface area contributed by atoms with Gasteiger partial charge in [-0.3, -0.25) is 0 Å². The van der Waals surface area contributed by atoms with Gasteiger partial charge in [0.05, 0.1) is 6.61 Å². The van der Waals surface area contributed by atoms with Gasteiger partial charge in [-0.15, -0.1) is 0 Å². The van der Waals surface area contributed by atoms with Gasteiger partial charge in [0.1, 0.15) is 0 Å². The number of nitrogens with zero attached hydrogens (tertiary/aromatic N) is 1. The van der Waals surface area contributed by atoms with Crippen LogP contribution < -0.4 is 5.32 Å². The normalized spacial score (nSPS) is 12.8. The summed E-state index contributed by atoms with van der Waals surface area (Å²) in [5, 5.41) is 3.82. The van der Waals surface area contributed by atoms with E-state index in [1.54, 1.807) is 0 Å². The smallest absolute Gasteiger partial charge is 0.0619 e. The molecule has 0 rings (SSSR count). The second-order valence-electron chi connectivity index (χ2n) is 14.5. The van der Waals surface area contributed by atoms with Gasteiger partial charge in [0, 0.05) is 12.6 Å². The third kappa shape index (κ3) is 39.5. The van der Waals surface area contributed by atoms with Gasteiger partial charge in [0.2, 0.25) is 0 Å². The Kier molecular flexibility index (Phi) is 40.0. The van der Waals surface area contributed by atoms with E-state index in [4.69, 9.17) is 4.74 Å². The Labute approximate surface area is 291 Å². The summed E-state index contributed by atoms with van der Waals surface area (Å²) >= 11 is 0. The fraction of sp³-hybridized carbons (Fsp3) is 0.907. The van der Waals surface area contributed by atoms with Crippen LogP contribution in [-0.2, 0) is 4.74 Å². The standard InChI is InChI=1S/C43H86N2O/c1-5-7-9-11-13-15-17-19-21-23-25-27-29-31-33-35-38-43(44-39-37-40-45(3)4)42-46-41-36-34-32-30-28-26-24-22-20-18-16-14-12-10-8-6-2/h19-22,43-44H,5-18,23-42H2,1-4H3/b21-19-,22-20-. The highest BCUT2D eigenvalue weighted by atomic mass is 16.5. The summed E-state index contributed by atoms with van der Waals surface area (Å²) in [4.78, 5) is 2.28. The molecule has 0 radical (unpaired) electrons. The second-order valence-corrected chi connectivity index (χ2v) is 14.5. The molecule has 1 unspecified atom stereocenters. The van der Waals surface area contributed by atoms with Crippen LogP contribution in [0.4, 0.5) is 0 Å². The lowest BCUT2D eigenvalue weighted by Gasteiger charge is -2.20. The summed E-state index contributed by atoms with van der Waals surface area (Å²) in [7, 11) is 4.34. The Morgan fingerprint density at radius 2 is 0.870 bits per heavy atom. The molecule has 0 spiro atoms. The van der Waals surface area contributed by atoms with Gasteiger partial charge in [0.15, 0.2) is 0 Å². The molecule has 0 bridgehead atoms. The highest BCUT2D eigenvalue weighted by molar-refractivity contribution is 4.82. The molecule has 0 saturated heterocycles. The highest BCUT2D eigenvalue weighted by Crippen LogP contribution is 2.13. The van der Waals surface area contributed by atoms with Crippen LogP contribution in [-0.4, -0.2) is 51.3 Å². The summed E-state index contributed by atoms with van der Waals surface area (Å²) in [6, 6.07) is 0.521. The van der Waals surface area contributed by atoms with E-state index < -0.39 is 0 Å². The Balaban J connectivity index is 3.74. The molecule has 0 aromatic carbocycles. The van der Waals surface area contributed by atoms with Crippen LogP contribution in [0.15, 0.2) is 24.3 Å². The average molecular weight is 647 g/mol. The molecule has 1 N–H and O–H groups in total. The van der Waals surface area contributed by atoms with Crippen LogP contribution in [0.2, 0.25) is 0 Å². The van der Waals surface area contributed by atoms with Crippen molar-refractivity contribution >= 4 is 0 Å². The number of nitrogens with one attached hydrogen (secondary N) is 1. The van der Waals surface area contributed by atoms with Crippen molar-refractivity contribution < 1.29 is 4.74 Å². The van der Waals surface area contributed by atoms with Crippen LogP contribution in [0.3, 0.4) is 0 Å². The Hall–Kier alpha value is -0.640. The van der Waals surface area contributed by atoms with Gasteiger partial charge in [-0.05, 0) is 97.8 Å². The van der Waals surface area contributed by atoms with Crippen molar-refractivity contribution in [3.63, 3.8) is 0 Å². The molecule has 0 aliphatic heterocycles. The van der Waals surface area contributed by atoms with Crippen LogP contribution in [0.25, 0.3) is 0 Å². The molecular weight excluding hydrogens is 560 g/mol.